The Hall–Kier alpha value is -3.95. The number of oxazole rings is 1. The van der Waals surface area contributed by atoms with E-state index in [4.69, 9.17) is 21.0 Å². The van der Waals surface area contributed by atoms with Crippen molar-refractivity contribution >= 4 is 56.1 Å². The van der Waals surface area contributed by atoms with Gasteiger partial charge in [-0.3, -0.25) is 4.99 Å². The largest absolute Gasteiger partial charge is 0.436 e. The minimum Gasteiger partial charge on any atom is -0.436 e. The van der Waals surface area contributed by atoms with Crippen molar-refractivity contribution in [1.82, 2.24) is 4.98 Å². The molecule has 0 spiro atoms. The molecule has 1 aromatic heterocycles. The van der Waals surface area contributed by atoms with Crippen molar-refractivity contribution in [3.05, 3.63) is 108 Å². The highest BCUT2D eigenvalue weighted by Crippen LogP contribution is 2.30. The summed E-state index contributed by atoms with van der Waals surface area (Å²) in [4.78, 5) is 9.44. The van der Waals surface area contributed by atoms with E-state index in [2.05, 4.69) is 59.6 Å². The molecule has 3 nitrogen and oxygen atoms in total. The van der Waals surface area contributed by atoms with Gasteiger partial charge in [-0.05, 0) is 70.1 Å². The number of hydrogen-bond acceptors (Lipinski definition) is 3. The molecule has 0 atom stereocenters. The molecule has 5 aromatic carbocycles. The third-order valence-electron chi connectivity index (χ3n) is 5.62. The first kappa shape index (κ1) is 18.8. The van der Waals surface area contributed by atoms with Crippen molar-refractivity contribution < 1.29 is 4.42 Å². The first-order valence-corrected chi connectivity index (χ1v) is 10.7. The van der Waals surface area contributed by atoms with Gasteiger partial charge in [-0.15, -0.1) is 0 Å². The van der Waals surface area contributed by atoms with Crippen LogP contribution >= 0.6 is 11.6 Å². The quantitative estimate of drug-likeness (QED) is 0.209. The van der Waals surface area contributed by atoms with E-state index in [9.17, 15) is 0 Å². The van der Waals surface area contributed by atoms with Gasteiger partial charge in [0.2, 0.25) is 5.89 Å². The predicted molar refractivity (Wildman–Crippen MR) is 133 cm³/mol. The predicted octanol–water partition coefficient (Wildman–Crippen LogP) is 8.21. The second-order valence-corrected chi connectivity index (χ2v) is 8.11. The zero-order valence-corrected chi connectivity index (χ0v) is 17.8. The van der Waals surface area contributed by atoms with Crippen LogP contribution in [0.4, 0.5) is 5.69 Å². The Bertz CT molecular complexity index is 1580. The Kier molecular flexibility index (Phi) is 4.48. The van der Waals surface area contributed by atoms with E-state index in [1.807, 2.05) is 48.7 Å². The topological polar surface area (TPSA) is 38.4 Å². The molecule has 1 heterocycles. The van der Waals surface area contributed by atoms with Crippen LogP contribution < -0.4 is 0 Å². The lowest BCUT2D eigenvalue weighted by atomic mass is 9.97. The molecule has 32 heavy (non-hydrogen) atoms. The van der Waals surface area contributed by atoms with Crippen LogP contribution in [-0.4, -0.2) is 11.2 Å². The molecule has 0 saturated heterocycles. The van der Waals surface area contributed by atoms with Crippen LogP contribution in [-0.2, 0) is 0 Å². The van der Waals surface area contributed by atoms with E-state index in [1.165, 1.54) is 21.5 Å². The van der Waals surface area contributed by atoms with Crippen molar-refractivity contribution in [3.63, 3.8) is 0 Å². The molecule has 152 valence electrons. The number of aromatic nitrogens is 1. The number of nitrogens with zero attached hydrogens (tertiary/aromatic N) is 2. The van der Waals surface area contributed by atoms with Gasteiger partial charge in [-0.2, -0.15) is 0 Å². The minimum atomic E-state index is 0.567. The van der Waals surface area contributed by atoms with Gasteiger partial charge < -0.3 is 4.42 Å². The number of fused-ring (bicyclic) bond motifs is 3. The standard InChI is InChI=1S/C28H17ClN2O/c29-21-11-9-18(10-12-21)28-31-26-16-22(13-14-27(26)32-28)30-17-25-23-7-3-1-5-19(23)15-20-6-2-4-8-24(20)25/h1-17H. The van der Waals surface area contributed by atoms with Gasteiger partial charge in [0.05, 0.1) is 5.69 Å². The summed E-state index contributed by atoms with van der Waals surface area (Å²) in [6.07, 6.45) is 1.95. The summed E-state index contributed by atoms with van der Waals surface area (Å²) in [5, 5.41) is 5.45. The maximum Gasteiger partial charge on any atom is 0.227 e. The number of halogens is 1. The molecule has 0 unspecified atom stereocenters. The highest BCUT2D eigenvalue weighted by Gasteiger charge is 2.09. The molecule has 0 N–H and O–H groups in total. The second-order valence-electron chi connectivity index (χ2n) is 7.67. The molecule has 0 aliphatic heterocycles. The fourth-order valence-corrected chi connectivity index (χ4v) is 4.17. The molecule has 0 saturated carbocycles. The third-order valence-corrected chi connectivity index (χ3v) is 5.87. The number of benzene rings is 5. The van der Waals surface area contributed by atoms with E-state index >= 15 is 0 Å². The SMILES string of the molecule is Clc1ccc(-c2nc3cc(N=Cc4c5ccccc5cc5ccccc45)ccc3o2)cc1. The number of aliphatic imine (C=N–C) groups is 1. The van der Waals surface area contributed by atoms with Gasteiger partial charge in [0, 0.05) is 22.4 Å². The van der Waals surface area contributed by atoms with Gasteiger partial charge in [0.1, 0.15) is 5.52 Å². The van der Waals surface area contributed by atoms with Crippen LogP contribution in [0.15, 0.2) is 106 Å². The number of hydrogen-bond donors (Lipinski definition) is 0. The summed E-state index contributed by atoms with van der Waals surface area (Å²) < 4.78 is 5.92. The molecular formula is C28H17ClN2O. The fourth-order valence-electron chi connectivity index (χ4n) is 4.04. The summed E-state index contributed by atoms with van der Waals surface area (Å²) in [6, 6.07) is 32.3. The lowest BCUT2D eigenvalue weighted by molar-refractivity contribution is 0.620. The Morgan fingerprint density at radius 1 is 0.750 bits per heavy atom. The second kappa shape index (κ2) is 7.63. The van der Waals surface area contributed by atoms with E-state index in [0.29, 0.717) is 10.9 Å². The minimum absolute atomic E-state index is 0.567. The Morgan fingerprint density at radius 2 is 1.44 bits per heavy atom. The van der Waals surface area contributed by atoms with Crippen molar-refractivity contribution in [2.24, 2.45) is 4.99 Å². The lowest BCUT2D eigenvalue weighted by Crippen LogP contribution is -1.88. The van der Waals surface area contributed by atoms with Crippen LogP contribution in [0, 0.1) is 0 Å². The van der Waals surface area contributed by atoms with Gasteiger partial charge in [-0.25, -0.2) is 4.98 Å². The Labute approximate surface area is 189 Å². The molecule has 0 aliphatic rings. The highest BCUT2D eigenvalue weighted by atomic mass is 35.5. The van der Waals surface area contributed by atoms with Crippen LogP contribution in [0.5, 0.6) is 0 Å². The summed E-state index contributed by atoms with van der Waals surface area (Å²) in [7, 11) is 0. The maximum absolute atomic E-state index is 5.99. The summed E-state index contributed by atoms with van der Waals surface area (Å²) in [5.41, 5.74) is 4.32. The molecule has 0 radical (unpaired) electrons. The summed E-state index contributed by atoms with van der Waals surface area (Å²) in [5.74, 6) is 0.567. The lowest BCUT2D eigenvalue weighted by Gasteiger charge is -2.07. The third kappa shape index (κ3) is 3.33. The average Bonchev–Trinajstić information content (AvgIpc) is 3.25. The Morgan fingerprint density at radius 3 is 2.16 bits per heavy atom. The number of rotatable bonds is 3. The van der Waals surface area contributed by atoms with Crippen LogP contribution in [0.1, 0.15) is 5.56 Å². The summed E-state index contributed by atoms with van der Waals surface area (Å²) >= 11 is 5.99. The van der Waals surface area contributed by atoms with E-state index < -0.39 is 0 Å². The van der Waals surface area contributed by atoms with Crippen molar-refractivity contribution in [2.75, 3.05) is 0 Å². The van der Waals surface area contributed by atoms with Gasteiger partial charge in [0.15, 0.2) is 5.58 Å². The van der Waals surface area contributed by atoms with Crippen LogP contribution in [0.3, 0.4) is 0 Å². The summed E-state index contributed by atoms with van der Waals surface area (Å²) in [6.45, 7) is 0. The maximum atomic E-state index is 5.99. The van der Waals surface area contributed by atoms with Gasteiger partial charge in [0.25, 0.3) is 0 Å². The Balaban J connectivity index is 1.43. The first-order valence-electron chi connectivity index (χ1n) is 10.4. The van der Waals surface area contributed by atoms with Gasteiger partial charge in [-0.1, -0.05) is 60.1 Å². The first-order chi connectivity index (χ1) is 15.7. The highest BCUT2D eigenvalue weighted by molar-refractivity contribution is 6.30. The zero-order chi connectivity index (χ0) is 21.5. The van der Waals surface area contributed by atoms with Crippen molar-refractivity contribution in [3.8, 4) is 11.5 Å². The molecule has 0 bridgehead atoms. The molecular weight excluding hydrogens is 416 g/mol. The van der Waals surface area contributed by atoms with E-state index in [0.717, 1.165) is 27.9 Å². The molecule has 6 rings (SSSR count). The van der Waals surface area contributed by atoms with Crippen LogP contribution in [0.2, 0.25) is 5.02 Å². The molecule has 6 aromatic rings. The normalized spacial score (nSPS) is 11.8. The monoisotopic (exact) mass is 432 g/mol. The smallest absolute Gasteiger partial charge is 0.227 e. The molecule has 0 aliphatic carbocycles. The van der Waals surface area contributed by atoms with Crippen molar-refractivity contribution in [2.45, 2.75) is 0 Å². The van der Waals surface area contributed by atoms with E-state index in [-0.39, 0.29) is 0 Å². The van der Waals surface area contributed by atoms with E-state index in [1.54, 1.807) is 0 Å². The zero-order valence-electron chi connectivity index (χ0n) is 17.0. The fraction of sp³-hybridized carbons (Fsp3) is 0. The van der Waals surface area contributed by atoms with Gasteiger partial charge >= 0.3 is 0 Å². The molecule has 0 fully saturated rings. The van der Waals surface area contributed by atoms with Crippen molar-refractivity contribution in [1.29, 1.82) is 0 Å². The molecule has 0 amide bonds. The van der Waals surface area contributed by atoms with Crippen LogP contribution in [0.25, 0.3) is 44.1 Å². The molecule has 4 heteroatoms. The average molecular weight is 433 g/mol.